The van der Waals surface area contributed by atoms with Crippen LogP contribution >= 0.6 is 11.3 Å². The van der Waals surface area contributed by atoms with Gasteiger partial charge in [0.05, 0.1) is 27.2 Å². The lowest BCUT2D eigenvalue weighted by Crippen LogP contribution is -2.28. The maximum Gasteiger partial charge on any atom is 0.159 e. The molecule has 0 amide bonds. The highest BCUT2D eigenvalue weighted by Gasteiger charge is 2.47. The summed E-state index contributed by atoms with van der Waals surface area (Å²) in [5.41, 5.74) is 12.1. The Morgan fingerprint density at radius 2 is 1.00 bits per heavy atom. The fourth-order valence-corrected chi connectivity index (χ4v) is 10.1. The molecule has 0 saturated heterocycles. The van der Waals surface area contributed by atoms with E-state index in [9.17, 15) is 0 Å². The molecule has 11 rings (SSSR count). The van der Waals surface area contributed by atoms with E-state index < -0.39 is 5.41 Å². The third-order valence-electron chi connectivity index (χ3n) is 11.0. The molecule has 244 valence electrons. The summed E-state index contributed by atoms with van der Waals surface area (Å²) >= 11 is 1.86. The van der Waals surface area contributed by atoms with Gasteiger partial charge in [0.1, 0.15) is 5.58 Å². The first-order valence-corrected chi connectivity index (χ1v) is 18.6. The Hall–Kier alpha value is -6.42. The fourth-order valence-electron chi connectivity index (χ4n) is 8.87. The molecule has 0 atom stereocenters. The molecule has 2 nitrogen and oxygen atoms in total. The lowest BCUT2D eigenvalue weighted by atomic mass is 9.68. The van der Waals surface area contributed by atoms with E-state index in [-0.39, 0.29) is 0 Å². The van der Waals surface area contributed by atoms with Gasteiger partial charge in [-0.2, -0.15) is 0 Å². The second kappa shape index (κ2) is 11.3. The molecule has 0 bridgehead atoms. The molecule has 0 fully saturated rings. The van der Waals surface area contributed by atoms with E-state index in [0.717, 1.165) is 39.0 Å². The predicted molar refractivity (Wildman–Crippen MR) is 219 cm³/mol. The first-order chi connectivity index (χ1) is 25.8. The molecule has 1 aliphatic rings. The number of rotatable bonds is 5. The number of para-hydroxylation sites is 2. The minimum Gasteiger partial charge on any atom is -0.454 e. The van der Waals surface area contributed by atoms with E-state index in [0.29, 0.717) is 0 Å². The number of hydrogen-bond donors (Lipinski definition) is 0. The molecule has 2 heterocycles. The first-order valence-electron chi connectivity index (χ1n) is 17.8. The second-order valence-corrected chi connectivity index (χ2v) is 14.6. The summed E-state index contributed by atoms with van der Waals surface area (Å²) < 4.78 is 9.34. The number of fused-ring (bicyclic) bond motifs is 9. The number of thiophene rings is 1. The summed E-state index contributed by atoms with van der Waals surface area (Å²) in [4.78, 5) is 2.48. The van der Waals surface area contributed by atoms with Gasteiger partial charge in [-0.1, -0.05) is 158 Å². The van der Waals surface area contributed by atoms with Crippen molar-refractivity contribution in [1.82, 2.24) is 0 Å². The van der Waals surface area contributed by atoms with Crippen LogP contribution in [-0.4, -0.2) is 0 Å². The number of anilines is 3. The third kappa shape index (κ3) is 4.00. The Labute approximate surface area is 305 Å². The largest absolute Gasteiger partial charge is 0.454 e. The third-order valence-corrected chi connectivity index (χ3v) is 12.2. The van der Waals surface area contributed by atoms with E-state index in [1.54, 1.807) is 0 Å². The van der Waals surface area contributed by atoms with Gasteiger partial charge in [0.15, 0.2) is 5.58 Å². The van der Waals surface area contributed by atoms with Gasteiger partial charge in [-0.25, -0.2) is 0 Å². The zero-order chi connectivity index (χ0) is 34.2. The molecule has 1 aliphatic carbocycles. The first kappa shape index (κ1) is 29.3. The van der Waals surface area contributed by atoms with Crippen molar-refractivity contribution in [1.29, 1.82) is 0 Å². The molecule has 8 aromatic carbocycles. The van der Waals surface area contributed by atoms with Crippen LogP contribution in [0.1, 0.15) is 22.3 Å². The molecule has 3 heteroatoms. The SMILES string of the molecule is c1ccc(C2(c3ccccc3)c3ccccc3-c3c(N(c4cccc5c4oc4ccccc45)c4cccc5c4sc4ccccc45)cccc32)cc1. The number of benzene rings is 8. The maximum atomic E-state index is 6.81. The van der Waals surface area contributed by atoms with Crippen LogP contribution in [0, 0.1) is 0 Å². The van der Waals surface area contributed by atoms with Gasteiger partial charge in [0, 0.05) is 31.8 Å². The van der Waals surface area contributed by atoms with Gasteiger partial charge < -0.3 is 9.32 Å². The molecule has 0 radical (unpaired) electrons. The van der Waals surface area contributed by atoms with Crippen LogP contribution in [0.4, 0.5) is 17.1 Å². The van der Waals surface area contributed by atoms with Crippen molar-refractivity contribution in [3.63, 3.8) is 0 Å². The summed E-state index contributed by atoms with van der Waals surface area (Å²) in [6.07, 6.45) is 0. The molecular formula is C49H31NOS. The van der Waals surface area contributed by atoms with E-state index >= 15 is 0 Å². The van der Waals surface area contributed by atoms with E-state index in [2.05, 4.69) is 187 Å². The fraction of sp³-hybridized carbons (Fsp3) is 0.0204. The van der Waals surface area contributed by atoms with Crippen molar-refractivity contribution in [2.45, 2.75) is 5.41 Å². The van der Waals surface area contributed by atoms with E-state index in [1.165, 1.54) is 53.6 Å². The van der Waals surface area contributed by atoms with Crippen LogP contribution in [0.3, 0.4) is 0 Å². The molecule has 0 aliphatic heterocycles. The zero-order valence-corrected chi connectivity index (χ0v) is 29.0. The normalized spacial score (nSPS) is 13.2. The highest BCUT2D eigenvalue weighted by atomic mass is 32.1. The van der Waals surface area contributed by atoms with Gasteiger partial charge in [-0.3, -0.25) is 0 Å². The summed E-state index contributed by atoms with van der Waals surface area (Å²) in [5, 5.41) is 4.77. The van der Waals surface area contributed by atoms with E-state index in [1.807, 2.05) is 17.4 Å². The average molecular weight is 682 g/mol. The van der Waals surface area contributed by atoms with Crippen LogP contribution in [0.5, 0.6) is 0 Å². The van der Waals surface area contributed by atoms with Crippen molar-refractivity contribution >= 4 is 70.5 Å². The van der Waals surface area contributed by atoms with Crippen LogP contribution in [0.25, 0.3) is 53.2 Å². The molecule has 10 aromatic rings. The Kier molecular flexibility index (Phi) is 6.37. The Balaban J connectivity index is 1.29. The van der Waals surface area contributed by atoms with Crippen molar-refractivity contribution in [3.8, 4) is 11.1 Å². The van der Waals surface area contributed by atoms with E-state index in [4.69, 9.17) is 4.42 Å². The molecular weight excluding hydrogens is 651 g/mol. The number of hydrogen-bond acceptors (Lipinski definition) is 3. The molecule has 52 heavy (non-hydrogen) atoms. The van der Waals surface area contributed by atoms with Crippen LogP contribution in [-0.2, 0) is 5.41 Å². The van der Waals surface area contributed by atoms with Gasteiger partial charge in [0.2, 0.25) is 0 Å². The lowest BCUT2D eigenvalue weighted by Gasteiger charge is -2.34. The summed E-state index contributed by atoms with van der Waals surface area (Å²) in [6, 6.07) is 68.4. The minimum absolute atomic E-state index is 0.509. The van der Waals surface area contributed by atoms with Crippen LogP contribution < -0.4 is 4.90 Å². The smallest absolute Gasteiger partial charge is 0.159 e. The van der Waals surface area contributed by atoms with Crippen molar-refractivity contribution in [2.24, 2.45) is 0 Å². The summed E-state index contributed by atoms with van der Waals surface area (Å²) in [5.74, 6) is 0. The van der Waals surface area contributed by atoms with Crippen LogP contribution in [0.15, 0.2) is 192 Å². The predicted octanol–water partition coefficient (Wildman–Crippen LogP) is 13.8. The van der Waals surface area contributed by atoms with Gasteiger partial charge in [-0.15, -0.1) is 11.3 Å². The van der Waals surface area contributed by atoms with Crippen molar-refractivity contribution in [3.05, 3.63) is 210 Å². The highest BCUT2D eigenvalue weighted by molar-refractivity contribution is 7.26. The van der Waals surface area contributed by atoms with Crippen LogP contribution in [0.2, 0.25) is 0 Å². The Morgan fingerprint density at radius 3 is 1.81 bits per heavy atom. The quantitative estimate of drug-likeness (QED) is 0.180. The summed E-state index contributed by atoms with van der Waals surface area (Å²) in [6.45, 7) is 0. The van der Waals surface area contributed by atoms with Gasteiger partial charge >= 0.3 is 0 Å². The topological polar surface area (TPSA) is 16.4 Å². The molecule has 0 saturated carbocycles. The highest BCUT2D eigenvalue weighted by Crippen LogP contribution is 2.60. The molecule has 0 spiro atoms. The molecule has 0 unspecified atom stereocenters. The average Bonchev–Trinajstić information content (AvgIpc) is 3.88. The Bertz CT molecular complexity index is 2820. The zero-order valence-electron chi connectivity index (χ0n) is 28.2. The second-order valence-electron chi connectivity index (χ2n) is 13.6. The summed E-state index contributed by atoms with van der Waals surface area (Å²) in [7, 11) is 0. The van der Waals surface area contributed by atoms with Gasteiger partial charge in [0.25, 0.3) is 0 Å². The standard InChI is InChI=1S/C49H31NOS/c1-3-16-32(17-4-1)49(33-18-5-2-6-19-33)39-25-10-7-22-38(39)46-40(49)26-15-27-41(46)50(42-28-13-23-36-34-20-8-11-30-44(34)51-47(36)42)43-29-14-24-37-35-21-9-12-31-45(35)52-48(37)43/h1-31H. The number of furan rings is 1. The monoisotopic (exact) mass is 681 g/mol. The van der Waals surface area contributed by atoms with Crippen molar-refractivity contribution < 1.29 is 4.42 Å². The van der Waals surface area contributed by atoms with Gasteiger partial charge in [-0.05, 0) is 58.1 Å². The maximum absolute atomic E-state index is 6.81. The number of nitrogens with zero attached hydrogens (tertiary/aromatic N) is 1. The van der Waals surface area contributed by atoms with Crippen molar-refractivity contribution in [2.75, 3.05) is 4.90 Å². The molecule has 0 N–H and O–H groups in total. The lowest BCUT2D eigenvalue weighted by molar-refractivity contribution is 0.669. The Morgan fingerprint density at radius 1 is 0.423 bits per heavy atom. The minimum atomic E-state index is -0.509. The molecule has 2 aromatic heterocycles.